The first-order valence-corrected chi connectivity index (χ1v) is 7.80. The molecule has 1 aromatic rings. The maximum absolute atomic E-state index is 13.7. The summed E-state index contributed by atoms with van der Waals surface area (Å²) in [4.78, 5) is 25.2. The Morgan fingerprint density at radius 2 is 2.13 bits per heavy atom. The van der Waals surface area contributed by atoms with Crippen LogP contribution >= 0.6 is 0 Å². The molecule has 0 bridgehead atoms. The lowest BCUT2D eigenvalue weighted by Gasteiger charge is -2.42. The van der Waals surface area contributed by atoms with E-state index in [-0.39, 0.29) is 30.5 Å². The van der Waals surface area contributed by atoms with E-state index in [1.165, 1.54) is 6.07 Å². The Hall–Kier alpha value is -1.95. The van der Waals surface area contributed by atoms with Gasteiger partial charge in [-0.1, -0.05) is 18.2 Å². The van der Waals surface area contributed by atoms with Gasteiger partial charge in [-0.05, 0) is 30.9 Å². The molecule has 6 heteroatoms. The lowest BCUT2D eigenvalue weighted by atomic mass is 9.87. The number of benzene rings is 1. The molecule has 0 aromatic heterocycles. The zero-order valence-electron chi connectivity index (χ0n) is 13.4. The highest BCUT2D eigenvalue weighted by Crippen LogP contribution is 2.29. The Balaban J connectivity index is 2.03. The molecule has 1 saturated heterocycles. The monoisotopic (exact) mass is 322 g/mol. The van der Waals surface area contributed by atoms with Gasteiger partial charge in [0.2, 0.25) is 11.8 Å². The SMILES string of the molecule is CO[C@@]1(CCC(N)=O)CCCN(C(=O)Cc2ccccc2F)C1. The van der Waals surface area contributed by atoms with E-state index >= 15 is 0 Å². The molecule has 2 N–H and O–H groups in total. The lowest BCUT2D eigenvalue weighted by Crippen LogP contribution is -2.52. The normalized spacial score (nSPS) is 21.2. The van der Waals surface area contributed by atoms with E-state index in [1.807, 2.05) is 0 Å². The number of amides is 2. The van der Waals surface area contributed by atoms with Gasteiger partial charge in [0.15, 0.2) is 0 Å². The molecule has 2 amide bonds. The fraction of sp³-hybridized carbons (Fsp3) is 0.529. The Kier molecular flexibility index (Phi) is 5.71. The average molecular weight is 322 g/mol. The van der Waals surface area contributed by atoms with Crippen molar-refractivity contribution in [3.63, 3.8) is 0 Å². The minimum atomic E-state index is -0.543. The van der Waals surface area contributed by atoms with Crippen molar-refractivity contribution in [1.82, 2.24) is 4.90 Å². The minimum Gasteiger partial charge on any atom is -0.376 e. The quantitative estimate of drug-likeness (QED) is 0.865. The zero-order chi connectivity index (χ0) is 16.9. The van der Waals surface area contributed by atoms with Crippen LogP contribution in [0.4, 0.5) is 4.39 Å². The lowest BCUT2D eigenvalue weighted by molar-refractivity contribution is -0.140. The minimum absolute atomic E-state index is 0.0300. The largest absolute Gasteiger partial charge is 0.376 e. The van der Waals surface area contributed by atoms with Crippen LogP contribution < -0.4 is 5.73 Å². The number of ether oxygens (including phenoxy) is 1. The van der Waals surface area contributed by atoms with E-state index in [0.717, 1.165) is 12.8 Å². The number of piperidine rings is 1. The number of hydrogen-bond acceptors (Lipinski definition) is 3. The summed E-state index contributed by atoms with van der Waals surface area (Å²) in [5.41, 5.74) is 5.07. The predicted molar refractivity (Wildman–Crippen MR) is 84.1 cm³/mol. The third kappa shape index (κ3) is 4.51. The fourth-order valence-corrected chi connectivity index (χ4v) is 3.05. The first-order valence-electron chi connectivity index (χ1n) is 7.80. The van der Waals surface area contributed by atoms with E-state index in [0.29, 0.717) is 25.1 Å². The fourth-order valence-electron chi connectivity index (χ4n) is 3.05. The molecule has 126 valence electrons. The number of nitrogens with zero attached hydrogens (tertiary/aromatic N) is 1. The van der Waals surface area contributed by atoms with Gasteiger partial charge in [0, 0.05) is 26.6 Å². The molecule has 1 aliphatic heterocycles. The number of carbonyl (C=O) groups excluding carboxylic acids is 2. The summed E-state index contributed by atoms with van der Waals surface area (Å²) >= 11 is 0. The molecule has 1 heterocycles. The van der Waals surface area contributed by atoms with Crippen molar-refractivity contribution >= 4 is 11.8 Å². The van der Waals surface area contributed by atoms with Gasteiger partial charge < -0.3 is 15.4 Å². The number of rotatable bonds is 6. The molecule has 0 aliphatic carbocycles. The third-order valence-electron chi connectivity index (χ3n) is 4.45. The molecule has 2 rings (SSSR count). The molecule has 5 nitrogen and oxygen atoms in total. The molecule has 1 aromatic carbocycles. The summed E-state index contributed by atoms with van der Waals surface area (Å²) in [6, 6.07) is 6.29. The Morgan fingerprint density at radius 1 is 1.39 bits per heavy atom. The second-order valence-electron chi connectivity index (χ2n) is 6.04. The van der Waals surface area contributed by atoms with Crippen molar-refractivity contribution in [3.8, 4) is 0 Å². The van der Waals surface area contributed by atoms with Crippen LogP contribution in [0.25, 0.3) is 0 Å². The van der Waals surface area contributed by atoms with Crippen LogP contribution in [0.15, 0.2) is 24.3 Å². The molecular weight excluding hydrogens is 299 g/mol. The van der Waals surface area contributed by atoms with E-state index < -0.39 is 5.60 Å². The molecular formula is C17H23FN2O3. The molecule has 0 radical (unpaired) electrons. The van der Waals surface area contributed by atoms with Gasteiger partial charge in [0.1, 0.15) is 5.82 Å². The van der Waals surface area contributed by atoms with Crippen molar-refractivity contribution in [2.24, 2.45) is 5.73 Å². The standard InChI is InChI=1S/C17H23FN2O3/c1-23-17(9-7-15(19)21)8-4-10-20(12-17)16(22)11-13-5-2-3-6-14(13)18/h2-3,5-6H,4,7-12H2,1H3,(H2,19,21)/t17-/m1/s1. The van der Waals surface area contributed by atoms with Crippen LogP contribution in [0.2, 0.25) is 0 Å². The maximum Gasteiger partial charge on any atom is 0.227 e. The third-order valence-corrected chi connectivity index (χ3v) is 4.45. The number of halogens is 1. The highest BCUT2D eigenvalue weighted by molar-refractivity contribution is 5.79. The number of likely N-dealkylation sites (tertiary alicyclic amines) is 1. The second-order valence-corrected chi connectivity index (χ2v) is 6.04. The molecule has 1 fully saturated rings. The number of carbonyl (C=O) groups is 2. The van der Waals surface area contributed by atoms with Crippen LogP contribution in [-0.2, 0) is 20.7 Å². The average Bonchev–Trinajstić information content (AvgIpc) is 2.55. The van der Waals surface area contributed by atoms with Crippen LogP contribution in [0.5, 0.6) is 0 Å². The highest BCUT2D eigenvalue weighted by atomic mass is 19.1. The van der Waals surface area contributed by atoms with Gasteiger partial charge >= 0.3 is 0 Å². The van der Waals surface area contributed by atoms with E-state index in [1.54, 1.807) is 30.2 Å². The summed E-state index contributed by atoms with van der Waals surface area (Å²) < 4.78 is 19.3. The molecule has 23 heavy (non-hydrogen) atoms. The molecule has 1 atom stereocenters. The van der Waals surface area contributed by atoms with Gasteiger partial charge in [-0.3, -0.25) is 9.59 Å². The molecule has 1 aliphatic rings. The Labute approximate surface area is 135 Å². The predicted octanol–water partition coefficient (Wildman–Crippen LogP) is 1.64. The number of methoxy groups -OCH3 is 1. The smallest absolute Gasteiger partial charge is 0.227 e. The maximum atomic E-state index is 13.7. The number of nitrogens with two attached hydrogens (primary N) is 1. The topological polar surface area (TPSA) is 72.6 Å². The van der Waals surface area contributed by atoms with Crippen molar-refractivity contribution in [2.75, 3.05) is 20.2 Å². The van der Waals surface area contributed by atoms with Crippen LogP contribution in [0.1, 0.15) is 31.2 Å². The highest BCUT2D eigenvalue weighted by Gasteiger charge is 2.37. The van der Waals surface area contributed by atoms with Crippen molar-refractivity contribution in [2.45, 2.75) is 37.7 Å². The number of primary amides is 1. The van der Waals surface area contributed by atoms with Crippen LogP contribution in [-0.4, -0.2) is 42.5 Å². The summed E-state index contributed by atoms with van der Waals surface area (Å²) in [7, 11) is 1.59. The molecule has 0 unspecified atom stereocenters. The van der Waals surface area contributed by atoms with Crippen LogP contribution in [0.3, 0.4) is 0 Å². The van der Waals surface area contributed by atoms with Gasteiger partial charge in [-0.25, -0.2) is 4.39 Å². The number of hydrogen-bond donors (Lipinski definition) is 1. The summed E-state index contributed by atoms with van der Waals surface area (Å²) in [6.45, 7) is 1.03. The van der Waals surface area contributed by atoms with E-state index in [4.69, 9.17) is 10.5 Å². The van der Waals surface area contributed by atoms with E-state index in [2.05, 4.69) is 0 Å². The zero-order valence-corrected chi connectivity index (χ0v) is 13.4. The Morgan fingerprint density at radius 3 is 2.78 bits per heavy atom. The van der Waals surface area contributed by atoms with Crippen LogP contribution in [0, 0.1) is 5.82 Å². The molecule has 0 spiro atoms. The molecule has 0 saturated carbocycles. The van der Waals surface area contributed by atoms with Gasteiger partial charge in [-0.2, -0.15) is 0 Å². The first kappa shape index (κ1) is 17.4. The summed E-state index contributed by atoms with van der Waals surface area (Å²) in [5, 5.41) is 0. The van der Waals surface area contributed by atoms with Gasteiger partial charge in [0.05, 0.1) is 12.0 Å². The van der Waals surface area contributed by atoms with Crippen molar-refractivity contribution < 1.29 is 18.7 Å². The van der Waals surface area contributed by atoms with Crippen molar-refractivity contribution in [3.05, 3.63) is 35.6 Å². The van der Waals surface area contributed by atoms with Gasteiger partial charge in [0.25, 0.3) is 0 Å². The summed E-state index contributed by atoms with van der Waals surface area (Å²) in [6.07, 6.45) is 2.31. The van der Waals surface area contributed by atoms with E-state index in [9.17, 15) is 14.0 Å². The second kappa shape index (κ2) is 7.55. The first-order chi connectivity index (χ1) is 11.0. The Bertz CT molecular complexity index is 579. The van der Waals surface area contributed by atoms with Gasteiger partial charge in [-0.15, -0.1) is 0 Å². The summed E-state index contributed by atoms with van der Waals surface area (Å²) in [5.74, 6) is -0.879. The van der Waals surface area contributed by atoms with Crippen molar-refractivity contribution in [1.29, 1.82) is 0 Å².